The molecule has 0 spiro atoms. The molecule has 4 rings (SSSR count). The van der Waals surface area contributed by atoms with Crippen LogP contribution in [0.3, 0.4) is 0 Å². The highest BCUT2D eigenvalue weighted by Crippen LogP contribution is 2.30. The molecule has 1 aliphatic carbocycles. The van der Waals surface area contributed by atoms with Gasteiger partial charge in [0.1, 0.15) is 0 Å². The fourth-order valence-electron chi connectivity index (χ4n) is 3.33. The SMILES string of the molecule is O=C(c1n[nH]c2c1CCCC2)N1CCc2ccccc21. The number of amides is 1. The van der Waals surface area contributed by atoms with Crippen LogP contribution in [0.25, 0.3) is 0 Å². The first-order valence-corrected chi connectivity index (χ1v) is 7.30. The molecular weight excluding hydrogens is 250 g/mol. The average Bonchev–Trinajstić information content (AvgIpc) is 3.11. The number of rotatable bonds is 1. The van der Waals surface area contributed by atoms with Crippen molar-refractivity contribution in [2.24, 2.45) is 0 Å². The lowest BCUT2D eigenvalue weighted by Gasteiger charge is -2.17. The molecule has 102 valence electrons. The molecule has 1 aromatic heterocycles. The lowest BCUT2D eigenvalue weighted by atomic mass is 9.95. The molecule has 2 aliphatic rings. The number of aromatic amines is 1. The maximum Gasteiger partial charge on any atom is 0.279 e. The van der Waals surface area contributed by atoms with Crippen molar-refractivity contribution < 1.29 is 4.79 Å². The van der Waals surface area contributed by atoms with Crippen molar-refractivity contribution in [2.45, 2.75) is 32.1 Å². The van der Waals surface area contributed by atoms with Gasteiger partial charge in [0.15, 0.2) is 5.69 Å². The molecule has 1 amide bonds. The fourth-order valence-corrected chi connectivity index (χ4v) is 3.33. The lowest BCUT2D eigenvalue weighted by molar-refractivity contribution is 0.0983. The van der Waals surface area contributed by atoms with Crippen molar-refractivity contribution >= 4 is 11.6 Å². The predicted molar refractivity (Wildman–Crippen MR) is 77.1 cm³/mol. The molecular formula is C16H17N3O. The van der Waals surface area contributed by atoms with Gasteiger partial charge < -0.3 is 4.90 Å². The van der Waals surface area contributed by atoms with E-state index in [1.165, 1.54) is 12.0 Å². The third-order valence-electron chi connectivity index (χ3n) is 4.39. The van der Waals surface area contributed by atoms with E-state index in [0.717, 1.165) is 49.2 Å². The van der Waals surface area contributed by atoms with Gasteiger partial charge in [-0.05, 0) is 43.7 Å². The molecule has 1 N–H and O–H groups in total. The summed E-state index contributed by atoms with van der Waals surface area (Å²) in [4.78, 5) is 14.7. The summed E-state index contributed by atoms with van der Waals surface area (Å²) in [5.41, 5.74) is 5.24. The van der Waals surface area contributed by atoms with Crippen LogP contribution in [-0.2, 0) is 19.3 Å². The quantitative estimate of drug-likeness (QED) is 0.863. The number of carbonyl (C=O) groups excluding carboxylic acids is 1. The molecule has 2 heterocycles. The second kappa shape index (κ2) is 4.47. The van der Waals surface area contributed by atoms with Gasteiger partial charge in [0.05, 0.1) is 0 Å². The molecule has 0 fully saturated rings. The predicted octanol–water partition coefficient (Wildman–Crippen LogP) is 2.49. The van der Waals surface area contributed by atoms with Crippen molar-refractivity contribution in [2.75, 3.05) is 11.4 Å². The number of benzene rings is 1. The number of H-pyrrole nitrogens is 1. The Morgan fingerprint density at radius 1 is 1.15 bits per heavy atom. The molecule has 1 aromatic carbocycles. The Morgan fingerprint density at radius 2 is 2.00 bits per heavy atom. The van der Waals surface area contributed by atoms with Crippen molar-refractivity contribution in [3.8, 4) is 0 Å². The number of fused-ring (bicyclic) bond motifs is 2. The average molecular weight is 267 g/mol. The van der Waals surface area contributed by atoms with Crippen molar-refractivity contribution in [1.29, 1.82) is 0 Å². The normalized spacial score (nSPS) is 16.9. The van der Waals surface area contributed by atoms with E-state index in [1.54, 1.807) is 0 Å². The van der Waals surface area contributed by atoms with E-state index in [9.17, 15) is 4.79 Å². The highest BCUT2D eigenvalue weighted by atomic mass is 16.2. The number of hydrogen-bond donors (Lipinski definition) is 1. The van der Waals surface area contributed by atoms with Crippen LogP contribution in [0.4, 0.5) is 5.69 Å². The molecule has 0 radical (unpaired) electrons. The molecule has 0 bridgehead atoms. The van der Waals surface area contributed by atoms with Crippen molar-refractivity contribution in [3.05, 3.63) is 46.8 Å². The molecule has 0 saturated heterocycles. The highest BCUT2D eigenvalue weighted by molar-refractivity contribution is 6.07. The first-order chi connectivity index (χ1) is 9.84. The number of nitrogens with one attached hydrogen (secondary N) is 1. The summed E-state index contributed by atoms with van der Waals surface area (Å²) >= 11 is 0. The number of anilines is 1. The third kappa shape index (κ3) is 1.68. The zero-order chi connectivity index (χ0) is 13.5. The number of para-hydroxylation sites is 1. The van der Waals surface area contributed by atoms with Gasteiger partial charge in [-0.1, -0.05) is 18.2 Å². The first kappa shape index (κ1) is 11.7. The highest BCUT2D eigenvalue weighted by Gasteiger charge is 2.30. The molecule has 0 saturated carbocycles. The molecule has 2 aromatic rings. The van der Waals surface area contributed by atoms with Crippen LogP contribution in [0.15, 0.2) is 24.3 Å². The number of hydrogen-bond acceptors (Lipinski definition) is 2. The summed E-state index contributed by atoms with van der Waals surface area (Å²) < 4.78 is 0. The smallest absolute Gasteiger partial charge is 0.279 e. The monoisotopic (exact) mass is 267 g/mol. The van der Waals surface area contributed by atoms with Crippen LogP contribution in [0.1, 0.15) is 40.2 Å². The molecule has 0 atom stereocenters. The minimum absolute atomic E-state index is 0.0503. The van der Waals surface area contributed by atoms with Crippen molar-refractivity contribution in [3.63, 3.8) is 0 Å². The summed E-state index contributed by atoms with van der Waals surface area (Å²) in [5, 5.41) is 7.36. The minimum Gasteiger partial charge on any atom is -0.306 e. The number of nitrogens with zero attached hydrogens (tertiary/aromatic N) is 2. The van der Waals surface area contributed by atoms with E-state index in [0.29, 0.717) is 5.69 Å². The zero-order valence-corrected chi connectivity index (χ0v) is 11.4. The fraction of sp³-hybridized carbons (Fsp3) is 0.375. The number of aryl methyl sites for hydroxylation is 1. The zero-order valence-electron chi connectivity index (χ0n) is 11.4. The van der Waals surface area contributed by atoms with E-state index >= 15 is 0 Å². The summed E-state index contributed by atoms with van der Waals surface area (Å²) in [6, 6.07) is 8.15. The Hall–Kier alpha value is -2.10. The van der Waals surface area contributed by atoms with Crippen LogP contribution < -0.4 is 4.90 Å². The summed E-state index contributed by atoms with van der Waals surface area (Å²) in [5.74, 6) is 0.0503. The largest absolute Gasteiger partial charge is 0.306 e. The number of aromatic nitrogens is 2. The van der Waals surface area contributed by atoms with Crippen LogP contribution in [0.2, 0.25) is 0 Å². The van der Waals surface area contributed by atoms with Crippen LogP contribution in [0, 0.1) is 0 Å². The summed E-state index contributed by atoms with van der Waals surface area (Å²) in [6.07, 6.45) is 5.28. The minimum atomic E-state index is 0.0503. The Kier molecular flexibility index (Phi) is 2.62. The Bertz CT molecular complexity index is 674. The van der Waals surface area contributed by atoms with Crippen LogP contribution >= 0.6 is 0 Å². The standard InChI is InChI=1S/C16H17N3O/c20-16(15-12-6-2-3-7-13(12)17-18-15)19-10-9-11-5-1-4-8-14(11)19/h1,4-5,8H,2-3,6-7,9-10H2,(H,17,18). The van der Waals surface area contributed by atoms with Gasteiger partial charge >= 0.3 is 0 Å². The molecule has 1 aliphatic heterocycles. The van der Waals surface area contributed by atoms with Gasteiger partial charge in [0.2, 0.25) is 0 Å². The molecule has 0 unspecified atom stereocenters. The second-order valence-corrected chi connectivity index (χ2v) is 5.57. The first-order valence-electron chi connectivity index (χ1n) is 7.30. The Balaban J connectivity index is 1.70. The second-order valence-electron chi connectivity index (χ2n) is 5.57. The van der Waals surface area contributed by atoms with Gasteiger partial charge in [-0.3, -0.25) is 9.89 Å². The van der Waals surface area contributed by atoms with E-state index in [2.05, 4.69) is 16.3 Å². The van der Waals surface area contributed by atoms with E-state index in [-0.39, 0.29) is 5.91 Å². The third-order valence-corrected chi connectivity index (χ3v) is 4.39. The Labute approximate surface area is 117 Å². The van der Waals surface area contributed by atoms with Gasteiger partial charge in [0.25, 0.3) is 5.91 Å². The van der Waals surface area contributed by atoms with Crippen LogP contribution in [0.5, 0.6) is 0 Å². The lowest BCUT2D eigenvalue weighted by Crippen LogP contribution is -2.30. The van der Waals surface area contributed by atoms with E-state index < -0.39 is 0 Å². The van der Waals surface area contributed by atoms with Gasteiger partial charge in [-0.2, -0.15) is 5.10 Å². The Morgan fingerprint density at radius 3 is 2.95 bits per heavy atom. The number of carbonyl (C=O) groups is 1. The van der Waals surface area contributed by atoms with E-state index in [1.807, 2.05) is 23.1 Å². The van der Waals surface area contributed by atoms with Crippen molar-refractivity contribution in [1.82, 2.24) is 10.2 Å². The molecule has 20 heavy (non-hydrogen) atoms. The maximum atomic E-state index is 12.8. The molecule has 4 nitrogen and oxygen atoms in total. The summed E-state index contributed by atoms with van der Waals surface area (Å²) in [6.45, 7) is 0.764. The van der Waals surface area contributed by atoms with Crippen LogP contribution in [-0.4, -0.2) is 22.6 Å². The molecule has 4 heteroatoms. The van der Waals surface area contributed by atoms with Gasteiger partial charge in [0, 0.05) is 23.5 Å². The topological polar surface area (TPSA) is 49.0 Å². The summed E-state index contributed by atoms with van der Waals surface area (Å²) in [7, 11) is 0. The van der Waals surface area contributed by atoms with Gasteiger partial charge in [-0.25, -0.2) is 0 Å². The maximum absolute atomic E-state index is 12.8. The van der Waals surface area contributed by atoms with Gasteiger partial charge in [-0.15, -0.1) is 0 Å². The van der Waals surface area contributed by atoms with E-state index in [4.69, 9.17) is 0 Å².